The Morgan fingerprint density at radius 2 is 1.92 bits per heavy atom. The van der Waals surface area contributed by atoms with Crippen LogP contribution in [0.25, 0.3) is 0 Å². The first-order chi connectivity index (χ1) is 5.87. The number of carbonyl (C=O) groups is 1. The van der Waals surface area contributed by atoms with Crippen LogP contribution in [-0.4, -0.2) is 6.29 Å². The van der Waals surface area contributed by atoms with Crippen molar-refractivity contribution in [2.24, 2.45) is 11.3 Å². The van der Waals surface area contributed by atoms with Crippen LogP contribution in [0.5, 0.6) is 0 Å². The summed E-state index contributed by atoms with van der Waals surface area (Å²) < 4.78 is 0. The minimum absolute atomic E-state index is 0.181. The Morgan fingerprint density at radius 3 is 2.31 bits per heavy atom. The third-order valence-electron chi connectivity index (χ3n) is 2.17. The van der Waals surface area contributed by atoms with E-state index >= 15 is 0 Å². The minimum atomic E-state index is 0.181. The highest BCUT2D eigenvalue weighted by Gasteiger charge is 2.19. The van der Waals surface area contributed by atoms with E-state index in [2.05, 4.69) is 33.8 Å². The van der Waals surface area contributed by atoms with E-state index in [-0.39, 0.29) is 11.3 Å². The summed E-state index contributed by atoms with van der Waals surface area (Å²) in [5.74, 6) is 0.181. The molecule has 0 rings (SSSR count). The fourth-order valence-electron chi connectivity index (χ4n) is 1.48. The van der Waals surface area contributed by atoms with Crippen LogP contribution >= 0.6 is 0 Å². The zero-order valence-corrected chi connectivity index (χ0v) is 9.55. The van der Waals surface area contributed by atoms with Crippen molar-refractivity contribution in [2.75, 3.05) is 0 Å². The van der Waals surface area contributed by atoms with Gasteiger partial charge in [0.1, 0.15) is 6.29 Å². The van der Waals surface area contributed by atoms with Crippen molar-refractivity contribution in [2.45, 2.75) is 47.5 Å². The molecule has 0 saturated heterocycles. The van der Waals surface area contributed by atoms with Gasteiger partial charge in [-0.2, -0.15) is 0 Å². The molecule has 0 aromatic rings. The van der Waals surface area contributed by atoms with E-state index in [0.29, 0.717) is 0 Å². The summed E-state index contributed by atoms with van der Waals surface area (Å²) in [6.07, 6.45) is 5.33. The van der Waals surface area contributed by atoms with Gasteiger partial charge < -0.3 is 4.79 Å². The first kappa shape index (κ1) is 12.4. The highest BCUT2D eigenvalue weighted by Crippen LogP contribution is 2.29. The van der Waals surface area contributed by atoms with E-state index in [4.69, 9.17) is 0 Å². The molecule has 1 unspecified atom stereocenters. The van der Waals surface area contributed by atoms with Gasteiger partial charge in [-0.1, -0.05) is 32.4 Å². The van der Waals surface area contributed by atoms with Crippen LogP contribution in [0.4, 0.5) is 0 Å². The van der Waals surface area contributed by atoms with Crippen LogP contribution in [0.1, 0.15) is 47.5 Å². The lowest BCUT2D eigenvalue weighted by Gasteiger charge is -2.24. The Hall–Kier alpha value is -0.590. The Labute approximate surface area is 82.2 Å². The molecule has 0 aromatic heterocycles. The van der Waals surface area contributed by atoms with Crippen LogP contribution in [0, 0.1) is 11.3 Å². The monoisotopic (exact) mass is 182 g/mol. The van der Waals surface area contributed by atoms with Crippen LogP contribution in [0.2, 0.25) is 0 Å². The zero-order chi connectivity index (χ0) is 10.5. The zero-order valence-electron chi connectivity index (χ0n) is 9.55. The van der Waals surface area contributed by atoms with Crippen LogP contribution in [-0.2, 0) is 4.79 Å². The maximum absolute atomic E-state index is 10.5. The van der Waals surface area contributed by atoms with Gasteiger partial charge in [0.2, 0.25) is 0 Å². The molecule has 0 heterocycles. The van der Waals surface area contributed by atoms with E-state index in [1.165, 1.54) is 5.57 Å². The molecule has 0 fully saturated rings. The maximum atomic E-state index is 10.5. The topological polar surface area (TPSA) is 17.1 Å². The molecule has 0 aromatic carbocycles. The molecule has 0 saturated carbocycles. The van der Waals surface area contributed by atoms with E-state index in [9.17, 15) is 4.79 Å². The van der Waals surface area contributed by atoms with E-state index in [1.807, 2.05) is 6.92 Å². The van der Waals surface area contributed by atoms with Gasteiger partial charge in [-0.25, -0.2) is 0 Å². The number of hydrogen-bond donors (Lipinski definition) is 0. The van der Waals surface area contributed by atoms with E-state index in [1.54, 1.807) is 0 Å². The normalized spacial score (nSPS) is 13.6. The first-order valence-electron chi connectivity index (χ1n) is 4.96. The summed E-state index contributed by atoms with van der Waals surface area (Å²) in [6.45, 7) is 10.6. The molecule has 0 aliphatic carbocycles. The molecular weight excluding hydrogens is 160 g/mol. The second-order valence-corrected chi connectivity index (χ2v) is 4.97. The lowest BCUT2D eigenvalue weighted by atomic mass is 9.80. The molecule has 0 spiro atoms. The molecule has 0 N–H and O–H groups in total. The van der Waals surface area contributed by atoms with Crippen molar-refractivity contribution < 1.29 is 4.79 Å². The van der Waals surface area contributed by atoms with Crippen LogP contribution in [0.3, 0.4) is 0 Å². The number of rotatable bonds is 5. The molecule has 1 nitrogen and oxygen atoms in total. The summed E-state index contributed by atoms with van der Waals surface area (Å²) in [7, 11) is 0. The SMILES string of the molecule is CC(C)=CCC(C)(C)CC(C)C=O. The van der Waals surface area contributed by atoms with Gasteiger partial charge in [0, 0.05) is 5.92 Å². The number of aldehydes is 1. The molecule has 1 atom stereocenters. The van der Waals surface area contributed by atoms with Crippen molar-refractivity contribution in [3.05, 3.63) is 11.6 Å². The second kappa shape index (κ2) is 5.21. The van der Waals surface area contributed by atoms with Crippen LogP contribution < -0.4 is 0 Å². The fraction of sp³-hybridized carbons (Fsp3) is 0.750. The third-order valence-corrected chi connectivity index (χ3v) is 2.17. The average Bonchev–Trinajstić information content (AvgIpc) is 2.00. The average molecular weight is 182 g/mol. The predicted molar refractivity (Wildman–Crippen MR) is 57.7 cm³/mol. The van der Waals surface area contributed by atoms with Gasteiger partial charge in [0.25, 0.3) is 0 Å². The van der Waals surface area contributed by atoms with Gasteiger partial charge in [-0.05, 0) is 32.1 Å². The molecule has 0 bridgehead atoms. The Kier molecular flexibility index (Phi) is 4.97. The Morgan fingerprint density at radius 1 is 1.38 bits per heavy atom. The van der Waals surface area contributed by atoms with Crippen molar-refractivity contribution >= 4 is 6.29 Å². The van der Waals surface area contributed by atoms with Crippen molar-refractivity contribution in [3.8, 4) is 0 Å². The van der Waals surface area contributed by atoms with Gasteiger partial charge in [0.15, 0.2) is 0 Å². The van der Waals surface area contributed by atoms with Gasteiger partial charge in [-0.3, -0.25) is 0 Å². The highest BCUT2D eigenvalue weighted by molar-refractivity contribution is 5.52. The summed E-state index contributed by atoms with van der Waals surface area (Å²) in [4.78, 5) is 10.5. The van der Waals surface area contributed by atoms with Gasteiger partial charge in [0.05, 0.1) is 0 Å². The molecule has 76 valence electrons. The van der Waals surface area contributed by atoms with Gasteiger partial charge in [-0.15, -0.1) is 0 Å². The van der Waals surface area contributed by atoms with Crippen molar-refractivity contribution in [1.29, 1.82) is 0 Å². The quantitative estimate of drug-likeness (QED) is 0.469. The molecule has 13 heavy (non-hydrogen) atoms. The number of hydrogen-bond acceptors (Lipinski definition) is 1. The number of allylic oxidation sites excluding steroid dienone is 2. The molecule has 1 heteroatoms. The van der Waals surface area contributed by atoms with Crippen molar-refractivity contribution in [1.82, 2.24) is 0 Å². The second-order valence-electron chi connectivity index (χ2n) is 4.97. The smallest absolute Gasteiger partial charge is 0.122 e. The summed E-state index contributed by atoms with van der Waals surface area (Å²) in [6, 6.07) is 0. The van der Waals surface area contributed by atoms with Gasteiger partial charge >= 0.3 is 0 Å². The molecule has 0 amide bonds. The lowest BCUT2D eigenvalue weighted by molar-refractivity contribution is -0.111. The highest BCUT2D eigenvalue weighted by atomic mass is 16.1. The summed E-state index contributed by atoms with van der Waals surface area (Å²) in [5.41, 5.74) is 1.60. The Balaban J connectivity index is 4.07. The molecule has 0 aliphatic heterocycles. The molecule has 0 radical (unpaired) electrons. The largest absolute Gasteiger partial charge is 0.303 e. The maximum Gasteiger partial charge on any atom is 0.122 e. The Bertz CT molecular complexity index is 185. The first-order valence-corrected chi connectivity index (χ1v) is 4.96. The molecular formula is C12H22O. The van der Waals surface area contributed by atoms with Crippen LogP contribution in [0.15, 0.2) is 11.6 Å². The van der Waals surface area contributed by atoms with E-state index in [0.717, 1.165) is 19.1 Å². The van der Waals surface area contributed by atoms with Crippen molar-refractivity contribution in [3.63, 3.8) is 0 Å². The third kappa shape index (κ3) is 6.56. The fourth-order valence-corrected chi connectivity index (χ4v) is 1.48. The number of carbonyl (C=O) groups excluding carboxylic acids is 1. The summed E-state index contributed by atoms with van der Waals surface area (Å²) >= 11 is 0. The molecule has 0 aliphatic rings. The van der Waals surface area contributed by atoms with E-state index < -0.39 is 0 Å². The summed E-state index contributed by atoms with van der Waals surface area (Å²) in [5, 5.41) is 0. The minimum Gasteiger partial charge on any atom is -0.303 e. The lowest BCUT2D eigenvalue weighted by Crippen LogP contribution is -2.15. The standard InChI is InChI=1S/C12H22O/c1-10(2)6-7-12(4,5)8-11(3)9-13/h6,9,11H,7-8H2,1-5H3. The predicted octanol–water partition coefficient (Wildman–Crippen LogP) is 3.59.